The van der Waals surface area contributed by atoms with Gasteiger partial charge in [-0.25, -0.2) is 0 Å². The maximum Gasteiger partial charge on any atom is 0.303 e. The second-order valence-corrected chi connectivity index (χ2v) is 6.44. The maximum absolute atomic E-state index is 12.2. The fourth-order valence-electron chi connectivity index (χ4n) is 2.42. The molecule has 0 fully saturated rings. The second-order valence-electron chi connectivity index (χ2n) is 5.66. The molecule has 0 aliphatic rings. The van der Waals surface area contributed by atoms with Crippen LogP contribution in [0, 0.1) is 6.92 Å². The highest BCUT2D eigenvalue weighted by Gasteiger charge is 2.11. The average molecular weight is 346 g/mol. The Labute approximate surface area is 145 Å². The van der Waals surface area contributed by atoms with E-state index in [1.54, 1.807) is 11.3 Å². The fourth-order valence-corrected chi connectivity index (χ4v) is 3.07. The van der Waals surface area contributed by atoms with Gasteiger partial charge in [0.1, 0.15) is 0 Å². The van der Waals surface area contributed by atoms with Crippen LogP contribution in [-0.2, 0) is 4.79 Å². The standard InChI is InChI=1S/C18H22N2O3S/c1-13-15(7-8-16(20-13)14-9-11-24-12-14)18(23)19-10-5-3-2-4-6-17(21)22/h7-9,11-12H,2-6,10H2,1H3,(H,19,23)(H,21,22). The van der Waals surface area contributed by atoms with Gasteiger partial charge in [0.25, 0.3) is 5.91 Å². The summed E-state index contributed by atoms with van der Waals surface area (Å²) in [5.74, 6) is -0.861. The van der Waals surface area contributed by atoms with E-state index in [-0.39, 0.29) is 12.3 Å². The van der Waals surface area contributed by atoms with Gasteiger partial charge in [0, 0.05) is 23.9 Å². The minimum absolute atomic E-state index is 0.109. The number of amides is 1. The van der Waals surface area contributed by atoms with Gasteiger partial charge in [-0.2, -0.15) is 11.3 Å². The minimum atomic E-state index is -0.753. The molecule has 2 aromatic heterocycles. The largest absolute Gasteiger partial charge is 0.481 e. The van der Waals surface area contributed by atoms with Crippen LogP contribution in [0.5, 0.6) is 0 Å². The number of aryl methyl sites for hydroxylation is 1. The van der Waals surface area contributed by atoms with E-state index >= 15 is 0 Å². The number of carbonyl (C=O) groups is 2. The van der Waals surface area contributed by atoms with Crippen molar-refractivity contribution >= 4 is 23.2 Å². The number of hydrogen-bond acceptors (Lipinski definition) is 4. The van der Waals surface area contributed by atoms with Gasteiger partial charge in [-0.15, -0.1) is 0 Å². The Morgan fingerprint density at radius 3 is 2.62 bits per heavy atom. The predicted octanol–water partition coefficient (Wildman–Crippen LogP) is 3.88. The van der Waals surface area contributed by atoms with Gasteiger partial charge in [-0.05, 0) is 43.3 Å². The molecule has 2 aromatic rings. The van der Waals surface area contributed by atoms with Gasteiger partial charge >= 0.3 is 5.97 Å². The van der Waals surface area contributed by atoms with Crippen molar-refractivity contribution in [3.63, 3.8) is 0 Å². The smallest absolute Gasteiger partial charge is 0.303 e. The van der Waals surface area contributed by atoms with Crippen molar-refractivity contribution < 1.29 is 14.7 Å². The van der Waals surface area contributed by atoms with Crippen LogP contribution in [0.3, 0.4) is 0 Å². The Balaban J connectivity index is 1.77. The zero-order valence-electron chi connectivity index (χ0n) is 13.7. The Hall–Kier alpha value is -2.21. The number of hydrogen-bond donors (Lipinski definition) is 2. The highest BCUT2D eigenvalue weighted by molar-refractivity contribution is 7.08. The van der Waals surface area contributed by atoms with E-state index in [4.69, 9.17) is 5.11 Å². The van der Waals surface area contributed by atoms with Crippen LogP contribution in [0.2, 0.25) is 0 Å². The Kier molecular flexibility index (Phi) is 6.93. The molecule has 0 aromatic carbocycles. The molecular weight excluding hydrogens is 324 g/mol. The van der Waals surface area contributed by atoms with Crippen LogP contribution in [0.25, 0.3) is 11.3 Å². The van der Waals surface area contributed by atoms with E-state index < -0.39 is 5.97 Å². The Morgan fingerprint density at radius 2 is 1.96 bits per heavy atom. The Morgan fingerprint density at radius 1 is 1.17 bits per heavy atom. The van der Waals surface area contributed by atoms with Crippen molar-refractivity contribution in [2.75, 3.05) is 6.54 Å². The van der Waals surface area contributed by atoms with E-state index in [0.717, 1.165) is 36.2 Å². The number of carbonyl (C=O) groups excluding carboxylic acids is 1. The third-order valence-corrected chi connectivity index (χ3v) is 4.43. The van der Waals surface area contributed by atoms with Crippen LogP contribution in [0.15, 0.2) is 29.0 Å². The van der Waals surface area contributed by atoms with E-state index in [1.807, 2.05) is 35.9 Å². The van der Waals surface area contributed by atoms with E-state index in [0.29, 0.717) is 18.5 Å². The first kappa shape index (κ1) is 18.1. The van der Waals surface area contributed by atoms with Crippen molar-refractivity contribution in [3.05, 3.63) is 40.2 Å². The quantitative estimate of drug-likeness (QED) is 0.675. The monoisotopic (exact) mass is 346 g/mol. The van der Waals surface area contributed by atoms with Crippen LogP contribution >= 0.6 is 11.3 Å². The topological polar surface area (TPSA) is 79.3 Å². The summed E-state index contributed by atoms with van der Waals surface area (Å²) in [6, 6.07) is 5.70. The predicted molar refractivity (Wildman–Crippen MR) is 95.3 cm³/mol. The van der Waals surface area contributed by atoms with Crippen LogP contribution in [0.1, 0.15) is 48.2 Å². The van der Waals surface area contributed by atoms with E-state index in [2.05, 4.69) is 10.3 Å². The number of carboxylic acid groups (broad SMARTS) is 1. The molecule has 2 heterocycles. The number of pyridine rings is 1. The molecule has 0 radical (unpaired) electrons. The first-order valence-corrected chi connectivity index (χ1v) is 9.02. The summed E-state index contributed by atoms with van der Waals surface area (Å²) < 4.78 is 0. The first-order chi connectivity index (χ1) is 11.6. The molecule has 128 valence electrons. The first-order valence-electron chi connectivity index (χ1n) is 8.08. The van der Waals surface area contributed by atoms with Gasteiger partial charge in [0.2, 0.25) is 0 Å². The summed E-state index contributed by atoms with van der Waals surface area (Å²) >= 11 is 1.62. The second kappa shape index (κ2) is 9.17. The molecule has 24 heavy (non-hydrogen) atoms. The molecule has 6 heteroatoms. The van der Waals surface area contributed by atoms with Gasteiger partial charge in [-0.3, -0.25) is 14.6 Å². The SMILES string of the molecule is Cc1nc(-c2ccsc2)ccc1C(=O)NCCCCCCC(=O)O. The number of rotatable bonds is 9. The molecular formula is C18H22N2O3S. The zero-order valence-corrected chi connectivity index (χ0v) is 14.6. The molecule has 0 unspecified atom stereocenters. The molecule has 5 nitrogen and oxygen atoms in total. The van der Waals surface area contributed by atoms with Gasteiger partial charge in [0.05, 0.1) is 17.0 Å². The van der Waals surface area contributed by atoms with E-state index in [9.17, 15) is 9.59 Å². The van der Waals surface area contributed by atoms with Gasteiger partial charge < -0.3 is 10.4 Å². The molecule has 0 aliphatic heterocycles. The lowest BCUT2D eigenvalue weighted by Crippen LogP contribution is -2.25. The maximum atomic E-state index is 12.2. The third-order valence-electron chi connectivity index (χ3n) is 3.75. The van der Waals surface area contributed by atoms with Crippen molar-refractivity contribution in [1.82, 2.24) is 10.3 Å². The summed E-state index contributed by atoms with van der Waals surface area (Å²) in [6.07, 6.45) is 3.55. The van der Waals surface area contributed by atoms with Crippen molar-refractivity contribution in [3.8, 4) is 11.3 Å². The van der Waals surface area contributed by atoms with Gasteiger partial charge in [-0.1, -0.05) is 12.8 Å². The minimum Gasteiger partial charge on any atom is -0.481 e. The van der Waals surface area contributed by atoms with Crippen molar-refractivity contribution in [1.29, 1.82) is 0 Å². The zero-order chi connectivity index (χ0) is 17.4. The average Bonchev–Trinajstić information content (AvgIpc) is 3.07. The molecule has 0 saturated heterocycles. The summed E-state index contributed by atoms with van der Waals surface area (Å²) in [4.78, 5) is 27.1. The highest BCUT2D eigenvalue weighted by atomic mass is 32.1. The number of aromatic nitrogens is 1. The normalized spacial score (nSPS) is 10.5. The summed E-state index contributed by atoms with van der Waals surface area (Å²) in [6.45, 7) is 2.44. The van der Waals surface area contributed by atoms with E-state index in [1.165, 1.54) is 0 Å². The lowest BCUT2D eigenvalue weighted by molar-refractivity contribution is -0.137. The molecule has 0 atom stereocenters. The summed E-state index contributed by atoms with van der Waals surface area (Å²) in [7, 11) is 0. The van der Waals surface area contributed by atoms with Crippen molar-refractivity contribution in [2.24, 2.45) is 0 Å². The lowest BCUT2D eigenvalue weighted by atomic mass is 10.1. The molecule has 0 bridgehead atoms. The lowest BCUT2D eigenvalue weighted by Gasteiger charge is -2.08. The number of nitrogens with one attached hydrogen (secondary N) is 1. The summed E-state index contributed by atoms with van der Waals surface area (Å²) in [5.41, 5.74) is 3.26. The van der Waals surface area contributed by atoms with Crippen LogP contribution in [-0.4, -0.2) is 28.5 Å². The Bertz CT molecular complexity index is 684. The molecule has 1 amide bonds. The van der Waals surface area contributed by atoms with Crippen molar-refractivity contribution in [2.45, 2.75) is 39.0 Å². The number of aliphatic carboxylic acids is 1. The van der Waals surface area contributed by atoms with Crippen LogP contribution < -0.4 is 5.32 Å². The summed E-state index contributed by atoms with van der Waals surface area (Å²) in [5, 5.41) is 15.5. The molecule has 0 spiro atoms. The number of thiophene rings is 1. The third kappa shape index (κ3) is 5.45. The molecule has 2 N–H and O–H groups in total. The number of unbranched alkanes of at least 4 members (excludes halogenated alkanes) is 3. The molecule has 0 aliphatic carbocycles. The number of nitrogens with zero attached hydrogens (tertiary/aromatic N) is 1. The van der Waals surface area contributed by atoms with Gasteiger partial charge in [0.15, 0.2) is 0 Å². The van der Waals surface area contributed by atoms with Crippen LogP contribution in [0.4, 0.5) is 0 Å². The fraction of sp³-hybridized carbons (Fsp3) is 0.389. The molecule has 0 saturated carbocycles. The number of carboxylic acids is 1. The highest BCUT2D eigenvalue weighted by Crippen LogP contribution is 2.21. The molecule has 2 rings (SSSR count).